The van der Waals surface area contributed by atoms with Crippen molar-refractivity contribution in [1.82, 2.24) is 0 Å². The van der Waals surface area contributed by atoms with E-state index in [1.165, 1.54) is 18.6 Å². The molecule has 0 bridgehead atoms. The van der Waals surface area contributed by atoms with E-state index in [0.717, 1.165) is 49.8 Å². The van der Waals surface area contributed by atoms with Gasteiger partial charge in [-0.3, -0.25) is 4.79 Å². The van der Waals surface area contributed by atoms with Gasteiger partial charge in [0, 0.05) is 6.42 Å². The number of halogens is 3. The fourth-order valence-corrected chi connectivity index (χ4v) is 2.56. The molecule has 1 aliphatic carbocycles. The third-order valence-electron chi connectivity index (χ3n) is 3.80. The molecule has 1 aliphatic rings. The minimum Gasteiger partial charge on any atom is -0.294 e. The van der Waals surface area contributed by atoms with Crippen LogP contribution in [-0.4, -0.2) is 5.78 Å². The second kappa shape index (κ2) is 6.92. The zero-order chi connectivity index (χ0) is 15.3. The molecule has 0 saturated carbocycles. The Hall–Kier alpha value is -1.58. The van der Waals surface area contributed by atoms with E-state index in [1.807, 2.05) is 6.08 Å². The molecule has 0 unspecified atom stereocenters. The summed E-state index contributed by atoms with van der Waals surface area (Å²) in [6, 6.07) is 4.86. The molecule has 2 rings (SSSR count). The summed E-state index contributed by atoms with van der Waals surface area (Å²) in [7, 11) is 0. The first-order valence-electron chi connectivity index (χ1n) is 7.35. The van der Waals surface area contributed by atoms with Gasteiger partial charge in [-0.05, 0) is 49.0 Å². The monoisotopic (exact) mass is 296 g/mol. The lowest BCUT2D eigenvalue weighted by molar-refractivity contribution is -0.137. The lowest BCUT2D eigenvalue weighted by Crippen LogP contribution is -2.09. The van der Waals surface area contributed by atoms with Gasteiger partial charge in [0.25, 0.3) is 0 Å². The van der Waals surface area contributed by atoms with Gasteiger partial charge in [-0.1, -0.05) is 31.1 Å². The Balaban J connectivity index is 2.02. The van der Waals surface area contributed by atoms with E-state index in [1.54, 1.807) is 0 Å². The Bertz CT molecular complexity index is 512. The average molecular weight is 296 g/mol. The van der Waals surface area contributed by atoms with E-state index in [0.29, 0.717) is 5.56 Å². The minimum atomic E-state index is -4.33. The lowest BCUT2D eigenvalue weighted by Gasteiger charge is -2.11. The van der Waals surface area contributed by atoms with Gasteiger partial charge in [0.2, 0.25) is 0 Å². The van der Waals surface area contributed by atoms with E-state index < -0.39 is 11.7 Å². The number of allylic oxidation sites excluding steroid dienone is 2. The van der Waals surface area contributed by atoms with Crippen LogP contribution >= 0.6 is 0 Å². The van der Waals surface area contributed by atoms with Crippen molar-refractivity contribution in [2.24, 2.45) is 0 Å². The summed E-state index contributed by atoms with van der Waals surface area (Å²) in [6.07, 6.45) is 4.05. The number of benzene rings is 1. The van der Waals surface area contributed by atoms with Crippen LogP contribution in [-0.2, 0) is 17.4 Å². The highest BCUT2D eigenvalue weighted by Crippen LogP contribution is 2.29. The highest BCUT2D eigenvalue weighted by atomic mass is 19.4. The van der Waals surface area contributed by atoms with Gasteiger partial charge in [-0.25, -0.2) is 0 Å². The van der Waals surface area contributed by atoms with Gasteiger partial charge in [0.05, 0.1) is 5.56 Å². The molecular weight excluding hydrogens is 277 g/mol. The molecule has 0 aliphatic heterocycles. The van der Waals surface area contributed by atoms with Crippen molar-refractivity contribution in [3.8, 4) is 0 Å². The summed E-state index contributed by atoms with van der Waals surface area (Å²) in [5, 5.41) is 0. The standard InChI is InChI=1S/C17H19F3O/c18-17(19,20)15-10-8-13(9-11-15)12-16(21)14-6-4-2-1-3-5-7-14/h6,8-11H,1-5,7,12H2/b14-6+. The van der Waals surface area contributed by atoms with Crippen molar-refractivity contribution >= 4 is 5.78 Å². The Labute approximate surface area is 122 Å². The number of alkyl halides is 3. The first-order chi connectivity index (χ1) is 9.97. The summed E-state index contributed by atoms with van der Waals surface area (Å²) in [5.41, 5.74) is 0.800. The maximum atomic E-state index is 12.5. The SMILES string of the molecule is O=C(Cc1ccc(C(F)(F)F)cc1)/C1=C/CCCCCC1. The van der Waals surface area contributed by atoms with Gasteiger partial charge in [0.15, 0.2) is 5.78 Å². The Morgan fingerprint density at radius 3 is 2.33 bits per heavy atom. The molecular formula is C17H19F3O. The van der Waals surface area contributed by atoms with Crippen LogP contribution in [0.3, 0.4) is 0 Å². The molecule has 1 nitrogen and oxygen atoms in total. The number of ketones is 1. The fraction of sp³-hybridized carbons (Fsp3) is 0.471. The highest BCUT2D eigenvalue weighted by Gasteiger charge is 2.30. The van der Waals surface area contributed by atoms with Crippen LogP contribution in [0.4, 0.5) is 13.2 Å². The summed E-state index contributed by atoms with van der Waals surface area (Å²) in [6.45, 7) is 0. The van der Waals surface area contributed by atoms with E-state index in [2.05, 4.69) is 0 Å². The molecule has 0 amide bonds. The smallest absolute Gasteiger partial charge is 0.294 e. The van der Waals surface area contributed by atoms with Gasteiger partial charge < -0.3 is 0 Å². The van der Waals surface area contributed by atoms with Crippen LogP contribution < -0.4 is 0 Å². The maximum Gasteiger partial charge on any atom is 0.416 e. The summed E-state index contributed by atoms with van der Waals surface area (Å²) in [4.78, 5) is 12.2. The van der Waals surface area contributed by atoms with Crippen LogP contribution in [0.2, 0.25) is 0 Å². The molecule has 0 atom stereocenters. The van der Waals surface area contributed by atoms with Gasteiger partial charge in [-0.15, -0.1) is 0 Å². The van der Waals surface area contributed by atoms with E-state index >= 15 is 0 Å². The molecule has 0 radical (unpaired) electrons. The van der Waals surface area contributed by atoms with E-state index in [4.69, 9.17) is 0 Å². The lowest BCUT2D eigenvalue weighted by atomic mass is 9.94. The van der Waals surface area contributed by atoms with Crippen molar-refractivity contribution in [2.45, 2.75) is 51.1 Å². The third-order valence-corrected chi connectivity index (χ3v) is 3.80. The fourth-order valence-electron chi connectivity index (χ4n) is 2.56. The van der Waals surface area contributed by atoms with Crippen LogP contribution in [0.5, 0.6) is 0 Å². The Morgan fingerprint density at radius 1 is 1.00 bits per heavy atom. The Kier molecular flexibility index (Phi) is 5.21. The molecule has 0 aromatic heterocycles. The van der Waals surface area contributed by atoms with Crippen molar-refractivity contribution in [3.05, 3.63) is 47.0 Å². The van der Waals surface area contributed by atoms with Crippen LogP contribution in [0.1, 0.15) is 49.7 Å². The van der Waals surface area contributed by atoms with Crippen LogP contribution in [0.25, 0.3) is 0 Å². The predicted octanol–water partition coefficient (Wildman–Crippen LogP) is 5.10. The largest absolute Gasteiger partial charge is 0.416 e. The normalized spacial score (nSPS) is 19.3. The summed E-state index contributed by atoms with van der Waals surface area (Å²) >= 11 is 0. The quantitative estimate of drug-likeness (QED) is 0.758. The average Bonchev–Trinajstić information content (AvgIpc) is 2.37. The van der Waals surface area contributed by atoms with Crippen molar-refractivity contribution < 1.29 is 18.0 Å². The molecule has 0 heterocycles. The van der Waals surface area contributed by atoms with Crippen LogP contribution in [0, 0.1) is 0 Å². The van der Waals surface area contributed by atoms with Crippen LogP contribution in [0.15, 0.2) is 35.9 Å². The van der Waals surface area contributed by atoms with Crippen molar-refractivity contribution in [2.75, 3.05) is 0 Å². The predicted molar refractivity (Wildman–Crippen MR) is 75.9 cm³/mol. The highest BCUT2D eigenvalue weighted by molar-refractivity contribution is 5.96. The molecule has 0 N–H and O–H groups in total. The molecule has 114 valence electrons. The number of carbonyl (C=O) groups is 1. The van der Waals surface area contributed by atoms with Crippen molar-refractivity contribution in [3.63, 3.8) is 0 Å². The van der Waals surface area contributed by atoms with E-state index in [9.17, 15) is 18.0 Å². The molecule has 1 aromatic rings. The maximum absolute atomic E-state index is 12.5. The molecule has 4 heteroatoms. The first-order valence-corrected chi connectivity index (χ1v) is 7.35. The molecule has 0 saturated heterocycles. The number of hydrogen-bond acceptors (Lipinski definition) is 1. The molecule has 21 heavy (non-hydrogen) atoms. The van der Waals surface area contributed by atoms with E-state index in [-0.39, 0.29) is 12.2 Å². The zero-order valence-electron chi connectivity index (χ0n) is 11.9. The Morgan fingerprint density at radius 2 is 1.67 bits per heavy atom. The first kappa shape index (κ1) is 15.8. The topological polar surface area (TPSA) is 17.1 Å². The number of rotatable bonds is 3. The molecule has 0 spiro atoms. The number of Topliss-reactive ketones (excluding diaryl/α,β-unsaturated/α-hetero) is 1. The number of hydrogen-bond donors (Lipinski definition) is 0. The van der Waals surface area contributed by atoms with Crippen molar-refractivity contribution in [1.29, 1.82) is 0 Å². The second-order valence-electron chi connectivity index (χ2n) is 5.48. The second-order valence-corrected chi connectivity index (χ2v) is 5.48. The summed E-state index contributed by atoms with van der Waals surface area (Å²) in [5.74, 6) is 0.0386. The minimum absolute atomic E-state index is 0.0386. The third kappa shape index (κ3) is 4.73. The van der Waals surface area contributed by atoms with Gasteiger partial charge in [0.1, 0.15) is 0 Å². The van der Waals surface area contributed by atoms with Gasteiger partial charge >= 0.3 is 6.18 Å². The molecule has 0 fully saturated rings. The number of carbonyl (C=O) groups excluding carboxylic acids is 1. The zero-order valence-corrected chi connectivity index (χ0v) is 11.9. The van der Waals surface area contributed by atoms with Gasteiger partial charge in [-0.2, -0.15) is 13.2 Å². The molecule has 1 aromatic carbocycles. The summed E-state index contributed by atoms with van der Waals surface area (Å²) < 4.78 is 37.4.